The maximum Gasteiger partial charge on any atom is 0.165 e. The first-order valence-electron chi connectivity index (χ1n) is 8.89. The Morgan fingerprint density at radius 3 is 3.20 bits per heavy atom. The molecule has 5 rings (SSSR count). The molecule has 0 saturated carbocycles. The van der Waals surface area contributed by atoms with Crippen molar-refractivity contribution in [1.82, 2.24) is 24.6 Å². The van der Waals surface area contributed by atoms with E-state index in [1.165, 1.54) is 11.3 Å². The molecular formula is C19H21N5O. The van der Waals surface area contributed by atoms with Gasteiger partial charge in [-0.15, -0.1) is 0 Å². The maximum absolute atomic E-state index is 5.81. The monoisotopic (exact) mass is 335 g/mol. The van der Waals surface area contributed by atoms with Gasteiger partial charge in [-0.2, -0.15) is 5.10 Å². The summed E-state index contributed by atoms with van der Waals surface area (Å²) in [6.07, 6.45) is 6.15. The van der Waals surface area contributed by atoms with Gasteiger partial charge in [-0.3, -0.25) is 9.25 Å². The Morgan fingerprint density at radius 2 is 2.24 bits per heavy atom. The van der Waals surface area contributed by atoms with Crippen LogP contribution in [-0.4, -0.2) is 32.0 Å². The highest BCUT2D eigenvalue weighted by Crippen LogP contribution is 2.31. The second-order valence-electron chi connectivity index (χ2n) is 6.82. The Bertz CT molecular complexity index is 902. The first-order chi connectivity index (χ1) is 12.3. The standard InChI is InChI=1S/C19H21N5O/c1-13-9-14-10-15(3-4-18(14)25-13)23-8-6-21-19(23)17-11-16-12-20-5-2-7-24(16)22-17/h3-4,6,8,10-11,13,20H,2,5,7,9,12H2,1H3/t13-/m1/s1. The van der Waals surface area contributed by atoms with E-state index in [-0.39, 0.29) is 6.10 Å². The third-order valence-electron chi connectivity index (χ3n) is 4.92. The van der Waals surface area contributed by atoms with Crippen LogP contribution in [0.2, 0.25) is 0 Å². The highest BCUT2D eigenvalue weighted by atomic mass is 16.5. The fraction of sp³-hybridized carbons (Fsp3) is 0.368. The zero-order chi connectivity index (χ0) is 16.8. The number of aromatic nitrogens is 4. The number of hydrogen-bond donors (Lipinski definition) is 1. The second-order valence-corrected chi connectivity index (χ2v) is 6.82. The molecule has 0 amide bonds. The number of imidazole rings is 1. The summed E-state index contributed by atoms with van der Waals surface area (Å²) in [5.74, 6) is 1.88. The van der Waals surface area contributed by atoms with E-state index in [1.54, 1.807) is 0 Å². The van der Waals surface area contributed by atoms with Gasteiger partial charge in [-0.1, -0.05) is 0 Å². The number of nitrogens with one attached hydrogen (secondary N) is 1. The lowest BCUT2D eigenvalue weighted by molar-refractivity contribution is 0.254. The molecule has 1 aromatic carbocycles. The fourth-order valence-electron chi connectivity index (χ4n) is 3.73. The molecule has 0 unspecified atom stereocenters. The van der Waals surface area contributed by atoms with Crippen molar-refractivity contribution in [2.75, 3.05) is 6.54 Å². The Labute approximate surface area is 146 Å². The van der Waals surface area contributed by atoms with Gasteiger partial charge in [0.25, 0.3) is 0 Å². The van der Waals surface area contributed by atoms with Gasteiger partial charge >= 0.3 is 0 Å². The predicted molar refractivity (Wildman–Crippen MR) is 94.9 cm³/mol. The van der Waals surface area contributed by atoms with Crippen LogP contribution < -0.4 is 10.1 Å². The van der Waals surface area contributed by atoms with Crippen molar-refractivity contribution in [2.24, 2.45) is 0 Å². The molecule has 2 aliphatic heterocycles. The first-order valence-corrected chi connectivity index (χ1v) is 8.89. The smallest absolute Gasteiger partial charge is 0.165 e. The predicted octanol–water partition coefficient (Wildman–Crippen LogP) is 2.55. The Morgan fingerprint density at radius 1 is 1.28 bits per heavy atom. The zero-order valence-corrected chi connectivity index (χ0v) is 14.3. The summed E-state index contributed by atoms with van der Waals surface area (Å²) in [7, 11) is 0. The molecule has 2 aliphatic rings. The van der Waals surface area contributed by atoms with Gasteiger partial charge < -0.3 is 10.1 Å². The van der Waals surface area contributed by atoms with Crippen LogP contribution >= 0.6 is 0 Å². The molecule has 0 aliphatic carbocycles. The Balaban J connectivity index is 1.54. The fourth-order valence-corrected chi connectivity index (χ4v) is 3.73. The summed E-state index contributed by atoms with van der Waals surface area (Å²) in [6.45, 7) is 4.97. The minimum Gasteiger partial charge on any atom is -0.490 e. The zero-order valence-electron chi connectivity index (χ0n) is 14.3. The normalized spacial score (nSPS) is 19.2. The lowest BCUT2D eigenvalue weighted by Crippen LogP contribution is -2.11. The molecule has 6 heteroatoms. The number of ether oxygens (including phenoxy) is 1. The van der Waals surface area contributed by atoms with Gasteiger partial charge in [-0.25, -0.2) is 4.98 Å². The summed E-state index contributed by atoms with van der Waals surface area (Å²) in [6, 6.07) is 8.50. The third-order valence-corrected chi connectivity index (χ3v) is 4.92. The molecule has 3 aromatic rings. The lowest BCUT2D eigenvalue weighted by atomic mass is 10.1. The van der Waals surface area contributed by atoms with Crippen LogP contribution in [0.5, 0.6) is 5.75 Å². The molecule has 1 atom stereocenters. The molecule has 0 saturated heterocycles. The molecular weight excluding hydrogens is 314 g/mol. The van der Waals surface area contributed by atoms with E-state index >= 15 is 0 Å². The van der Waals surface area contributed by atoms with E-state index < -0.39 is 0 Å². The van der Waals surface area contributed by atoms with Crippen LogP contribution in [0, 0.1) is 0 Å². The van der Waals surface area contributed by atoms with Crippen molar-refractivity contribution in [3.8, 4) is 23.0 Å². The number of nitrogens with zero attached hydrogens (tertiary/aromatic N) is 4. The van der Waals surface area contributed by atoms with Crippen LogP contribution in [0.4, 0.5) is 0 Å². The number of hydrogen-bond acceptors (Lipinski definition) is 4. The van der Waals surface area contributed by atoms with E-state index in [2.05, 4.69) is 50.7 Å². The van der Waals surface area contributed by atoms with Crippen molar-refractivity contribution in [3.63, 3.8) is 0 Å². The van der Waals surface area contributed by atoms with Crippen molar-refractivity contribution < 1.29 is 4.74 Å². The van der Waals surface area contributed by atoms with Crippen LogP contribution in [0.1, 0.15) is 24.6 Å². The molecule has 4 heterocycles. The molecule has 0 radical (unpaired) electrons. The number of benzene rings is 1. The average Bonchev–Trinajstić information content (AvgIpc) is 3.28. The number of aryl methyl sites for hydroxylation is 1. The Kier molecular flexibility index (Phi) is 3.38. The van der Waals surface area contributed by atoms with Gasteiger partial charge in [0.1, 0.15) is 17.5 Å². The summed E-state index contributed by atoms with van der Waals surface area (Å²) in [4.78, 5) is 4.57. The SMILES string of the molecule is C[C@@H]1Cc2cc(-n3ccnc3-c3cc4n(n3)CCCNC4)ccc2O1. The minimum atomic E-state index is 0.254. The van der Waals surface area contributed by atoms with E-state index in [1.807, 2.05) is 12.4 Å². The summed E-state index contributed by atoms with van der Waals surface area (Å²) >= 11 is 0. The van der Waals surface area contributed by atoms with Crippen LogP contribution in [0.3, 0.4) is 0 Å². The second kappa shape index (κ2) is 5.74. The summed E-state index contributed by atoms with van der Waals surface area (Å²) in [5.41, 5.74) is 4.51. The van der Waals surface area contributed by atoms with Gasteiger partial charge in [0, 0.05) is 37.6 Å². The van der Waals surface area contributed by atoms with E-state index in [4.69, 9.17) is 9.84 Å². The van der Waals surface area contributed by atoms with Gasteiger partial charge in [-0.05, 0) is 49.7 Å². The summed E-state index contributed by atoms with van der Waals surface area (Å²) in [5, 5.41) is 8.23. The van der Waals surface area contributed by atoms with Crippen molar-refractivity contribution >= 4 is 0 Å². The number of fused-ring (bicyclic) bond motifs is 2. The molecule has 0 spiro atoms. The van der Waals surface area contributed by atoms with Gasteiger partial charge in [0.05, 0.1) is 5.69 Å². The van der Waals surface area contributed by atoms with E-state index in [0.29, 0.717) is 0 Å². The largest absolute Gasteiger partial charge is 0.490 e. The molecule has 2 aromatic heterocycles. The highest BCUT2D eigenvalue weighted by Gasteiger charge is 2.21. The molecule has 0 bridgehead atoms. The quantitative estimate of drug-likeness (QED) is 0.782. The lowest BCUT2D eigenvalue weighted by Gasteiger charge is -2.08. The van der Waals surface area contributed by atoms with Crippen molar-refractivity contribution in [1.29, 1.82) is 0 Å². The minimum absolute atomic E-state index is 0.254. The van der Waals surface area contributed by atoms with E-state index in [0.717, 1.165) is 55.4 Å². The molecule has 1 N–H and O–H groups in total. The van der Waals surface area contributed by atoms with Crippen molar-refractivity contribution in [2.45, 2.75) is 39.0 Å². The summed E-state index contributed by atoms with van der Waals surface area (Å²) < 4.78 is 10.0. The topological polar surface area (TPSA) is 56.9 Å². The van der Waals surface area contributed by atoms with Crippen LogP contribution in [0.15, 0.2) is 36.7 Å². The maximum atomic E-state index is 5.81. The van der Waals surface area contributed by atoms with Gasteiger partial charge in [0.15, 0.2) is 5.82 Å². The first kappa shape index (κ1) is 14.7. The molecule has 25 heavy (non-hydrogen) atoms. The molecule has 0 fully saturated rings. The Hall–Kier alpha value is -2.60. The highest BCUT2D eigenvalue weighted by molar-refractivity contribution is 5.56. The third kappa shape index (κ3) is 2.53. The molecule has 6 nitrogen and oxygen atoms in total. The molecule has 128 valence electrons. The van der Waals surface area contributed by atoms with Crippen molar-refractivity contribution in [3.05, 3.63) is 47.9 Å². The van der Waals surface area contributed by atoms with Crippen LogP contribution in [-0.2, 0) is 19.5 Å². The van der Waals surface area contributed by atoms with E-state index in [9.17, 15) is 0 Å². The van der Waals surface area contributed by atoms with Gasteiger partial charge in [0.2, 0.25) is 0 Å². The number of rotatable bonds is 2. The average molecular weight is 335 g/mol. The van der Waals surface area contributed by atoms with Crippen LogP contribution in [0.25, 0.3) is 17.2 Å².